The number of nitrogens with zero attached hydrogens (tertiary/aromatic N) is 3. The minimum Gasteiger partial charge on any atom is -0.497 e. The second kappa shape index (κ2) is 5.74. The Morgan fingerprint density at radius 3 is 2.71 bits per heavy atom. The molecule has 1 aromatic carbocycles. The summed E-state index contributed by atoms with van der Waals surface area (Å²) < 4.78 is 32.7. The maximum absolute atomic E-state index is 12.5. The van der Waals surface area contributed by atoms with E-state index >= 15 is 0 Å². The van der Waals surface area contributed by atoms with Gasteiger partial charge in [0.2, 0.25) is 10.0 Å². The van der Waals surface area contributed by atoms with Crippen molar-refractivity contribution < 1.29 is 13.2 Å². The topological polar surface area (TPSA) is 90.5 Å². The molecule has 0 aliphatic heterocycles. The van der Waals surface area contributed by atoms with Gasteiger partial charge in [-0.05, 0) is 17.7 Å². The van der Waals surface area contributed by atoms with Gasteiger partial charge in [-0.3, -0.25) is 4.68 Å². The van der Waals surface area contributed by atoms with Gasteiger partial charge in [0.15, 0.2) is 5.82 Å². The zero-order valence-electron chi connectivity index (χ0n) is 12.1. The molecule has 21 heavy (non-hydrogen) atoms. The summed E-state index contributed by atoms with van der Waals surface area (Å²) >= 11 is 0. The van der Waals surface area contributed by atoms with Gasteiger partial charge in [0.05, 0.1) is 7.11 Å². The third kappa shape index (κ3) is 3.17. The first-order valence-electron chi connectivity index (χ1n) is 6.23. The predicted molar refractivity (Wildman–Crippen MR) is 79.3 cm³/mol. The molecule has 2 rings (SSSR count). The number of hydrogen-bond donors (Lipinski definition) is 1. The molecule has 1 aromatic heterocycles. The van der Waals surface area contributed by atoms with Gasteiger partial charge in [0.25, 0.3) is 0 Å². The van der Waals surface area contributed by atoms with E-state index in [9.17, 15) is 8.42 Å². The van der Waals surface area contributed by atoms with Gasteiger partial charge < -0.3 is 10.5 Å². The molecular formula is C13H18N4O3S. The molecule has 0 bridgehead atoms. The summed E-state index contributed by atoms with van der Waals surface area (Å²) in [5, 5.41) is 3.86. The fourth-order valence-corrected chi connectivity index (χ4v) is 3.21. The van der Waals surface area contributed by atoms with Crippen molar-refractivity contribution in [1.29, 1.82) is 0 Å². The fraction of sp³-hybridized carbons (Fsp3) is 0.308. The minimum atomic E-state index is -3.68. The maximum atomic E-state index is 12.5. The largest absolute Gasteiger partial charge is 0.497 e. The number of benzene rings is 1. The van der Waals surface area contributed by atoms with Crippen LogP contribution in [0.25, 0.3) is 0 Å². The van der Waals surface area contributed by atoms with E-state index in [-0.39, 0.29) is 17.3 Å². The summed E-state index contributed by atoms with van der Waals surface area (Å²) in [7, 11) is 1.01. The average molecular weight is 310 g/mol. The van der Waals surface area contributed by atoms with E-state index in [1.54, 1.807) is 26.3 Å². The van der Waals surface area contributed by atoms with E-state index in [0.717, 1.165) is 5.56 Å². The van der Waals surface area contributed by atoms with Crippen LogP contribution in [0, 0.1) is 0 Å². The predicted octanol–water partition coefficient (Wildman–Crippen LogP) is 0.832. The van der Waals surface area contributed by atoms with Crippen LogP contribution in [-0.4, -0.2) is 36.7 Å². The number of hydrogen-bond acceptors (Lipinski definition) is 5. The molecule has 0 radical (unpaired) electrons. The summed E-state index contributed by atoms with van der Waals surface area (Å²) in [6.45, 7) is 0.216. The van der Waals surface area contributed by atoms with Gasteiger partial charge in [-0.1, -0.05) is 12.1 Å². The maximum Gasteiger partial charge on any atom is 0.248 e. The molecule has 114 valence electrons. The SMILES string of the molecule is COc1cccc(CN(C)S(=O)(=O)c2cn(C)nc2N)c1. The van der Waals surface area contributed by atoms with Crippen molar-refractivity contribution in [2.24, 2.45) is 7.05 Å². The van der Waals surface area contributed by atoms with Gasteiger partial charge in [-0.15, -0.1) is 0 Å². The van der Waals surface area contributed by atoms with Crippen LogP contribution in [0.1, 0.15) is 5.56 Å². The monoisotopic (exact) mass is 310 g/mol. The van der Waals surface area contributed by atoms with Crippen LogP contribution in [-0.2, 0) is 23.6 Å². The number of aromatic nitrogens is 2. The number of aryl methyl sites for hydroxylation is 1. The number of ether oxygens (including phenoxy) is 1. The second-order valence-electron chi connectivity index (χ2n) is 4.66. The highest BCUT2D eigenvalue weighted by Gasteiger charge is 2.25. The lowest BCUT2D eigenvalue weighted by molar-refractivity contribution is 0.412. The summed E-state index contributed by atoms with van der Waals surface area (Å²) in [6, 6.07) is 7.24. The number of nitrogens with two attached hydrogens (primary N) is 1. The van der Waals surface area contributed by atoms with Crippen LogP contribution in [0.3, 0.4) is 0 Å². The molecule has 2 aromatic rings. The summed E-state index contributed by atoms with van der Waals surface area (Å²) in [4.78, 5) is 0.00963. The molecule has 0 saturated heterocycles. The first-order valence-corrected chi connectivity index (χ1v) is 7.67. The van der Waals surface area contributed by atoms with Crippen molar-refractivity contribution in [2.45, 2.75) is 11.4 Å². The average Bonchev–Trinajstić information content (AvgIpc) is 2.78. The Hall–Kier alpha value is -2.06. The number of methoxy groups -OCH3 is 1. The molecule has 0 aliphatic carbocycles. The molecule has 0 atom stereocenters. The number of sulfonamides is 1. The lowest BCUT2D eigenvalue weighted by atomic mass is 10.2. The lowest BCUT2D eigenvalue weighted by Crippen LogP contribution is -2.26. The second-order valence-corrected chi connectivity index (χ2v) is 6.68. The molecule has 0 amide bonds. The minimum absolute atomic E-state index is 0.00464. The molecule has 8 heteroatoms. The molecule has 0 aliphatic rings. The van der Waals surface area contributed by atoms with Crippen molar-refractivity contribution in [3.63, 3.8) is 0 Å². The normalized spacial score (nSPS) is 11.8. The van der Waals surface area contributed by atoms with E-state index in [1.165, 1.54) is 22.2 Å². The lowest BCUT2D eigenvalue weighted by Gasteiger charge is -2.16. The molecule has 2 N–H and O–H groups in total. The van der Waals surface area contributed by atoms with Crippen LogP contribution >= 0.6 is 0 Å². The Labute approximate surface area is 124 Å². The Balaban J connectivity index is 2.26. The zero-order chi connectivity index (χ0) is 15.6. The third-order valence-corrected chi connectivity index (χ3v) is 4.87. The summed E-state index contributed by atoms with van der Waals surface area (Å²) in [5.74, 6) is 0.675. The van der Waals surface area contributed by atoms with E-state index in [2.05, 4.69) is 5.10 Å². The fourth-order valence-electron chi connectivity index (χ4n) is 1.96. The van der Waals surface area contributed by atoms with Crippen molar-refractivity contribution in [1.82, 2.24) is 14.1 Å². The molecule has 0 unspecified atom stereocenters. The summed E-state index contributed by atoms with van der Waals surface area (Å²) in [5.41, 5.74) is 6.47. The van der Waals surface area contributed by atoms with Crippen molar-refractivity contribution in [2.75, 3.05) is 19.9 Å². The van der Waals surface area contributed by atoms with E-state index in [4.69, 9.17) is 10.5 Å². The Bertz CT molecular complexity index is 740. The zero-order valence-corrected chi connectivity index (χ0v) is 13.0. The van der Waals surface area contributed by atoms with Gasteiger partial charge in [-0.2, -0.15) is 9.40 Å². The van der Waals surface area contributed by atoms with Crippen molar-refractivity contribution in [3.05, 3.63) is 36.0 Å². The van der Waals surface area contributed by atoms with Gasteiger partial charge in [0, 0.05) is 26.8 Å². The van der Waals surface area contributed by atoms with Crippen LogP contribution < -0.4 is 10.5 Å². The van der Waals surface area contributed by atoms with E-state index < -0.39 is 10.0 Å². The highest BCUT2D eigenvalue weighted by Crippen LogP contribution is 2.22. The highest BCUT2D eigenvalue weighted by atomic mass is 32.2. The number of anilines is 1. The van der Waals surface area contributed by atoms with Crippen molar-refractivity contribution in [3.8, 4) is 5.75 Å². The van der Waals surface area contributed by atoms with Crippen LogP contribution in [0.2, 0.25) is 0 Å². The molecule has 0 saturated carbocycles. The number of nitrogen functional groups attached to an aromatic ring is 1. The van der Waals surface area contributed by atoms with Gasteiger partial charge >= 0.3 is 0 Å². The smallest absolute Gasteiger partial charge is 0.248 e. The Morgan fingerprint density at radius 2 is 2.14 bits per heavy atom. The molecule has 0 spiro atoms. The molecule has 0 fully saturated rings. The van der Waals surface area contributed by atoms with E-state index in [0.29, 0.717) is 5.75 Å². The van der Waals surface area contributed by atoms with Crippen LogP contribution in [0.4, 0.5) is 5.82 Å². The molecule has 1 heterocycles. The van der Waals surface area contributed by atoms with Gasteiger partial charge in [-0.25, -0.2) is 8.42 Å². The molecule has 7 nitrogen and oxygen atoms in total. The molecular weight excluding hydrogens is 292 g/mol. The Morgan fingerprint density at radius 1 is 1.43 bits per heavy atom. The standard InChI is InChI=1S/C13H18N4O3S/c1-16-9-12(13(14)15-16)21(18,19)17(2)8-10-5-4-6-11(7-10)20-3/h4-7,9H,8H2,1-3H3,(H2,14,15). The van der Waals surface area contributed by atoms with Gasteiger partial charge in [0.1, 0.15) is 10.6 Å². The van der Waals surface area contributed by atoms with E-state index in [1.807, 2.05) is 12.1 Å². The third-order valence-electron chi connectivity index (χ3n) is 3.05. The van der Waals surface area contributed by atoms with Crippen LogP contribution in [0.5, 0.6) is 5.75 Å². The van der Waals surface area contributed by atoms with Crippen LogP contribution in [0.15, 0.2) is 35.4 Å². The summed E-state index contributed by atoms with van der Waals surface area (Å²) in [6.07, 6.45) is 1.40. The Kier molecular flexibility index (Phi) is 4.19. The first-order chi connectivity index (χ1) is 9.84. The first kappa shape index (κ1) is 15.3. The highest BCUT2D eigenvalue weighted by molar-refractivity contribution is 7.89. The van der Waals surface area contributed by atoms with Crippen molar-refractivity contribution >= 4 is 15.8 Å². The number of rotatable bonds is 5. The quantitative estimate of drug-likeness (QED) is 0.883.